The van der Waals surface area contributed by atoms with Crippen LogP contribution in [0.2, 0.25) is 0 Å². The minimum Gasteiger partial charge on any atom is -0.469 e. The van der Waals surface area contributed by atoms with Crippen LogP contribution in [-0.4, -0.2) is 59.1 Å². The number of carbonyl (C=O) groups is 1. The lowest BCUT2D eigenvalue weighted by Gasteiger charge is -2.42. The Morgan fingerprint density at radius 3 is 2.72 bits per heavy atom. The molecule has 3 heterocycles. The highest BCUT2D eigenvalue weighted by Gasteiger charge is 2.38. The fourth-order valence-corrected chi connectivity index (χ4v) is 5.72. The van der Waals surface area contributed by atoms with Crippen molar-refractivity contribution in [3.8, 4) is 0 Å². The number of esters is 1. The normalized spacial score (nSPS) is 29.3. The fraction of sp³-hybridized carbons (Fsp3) is 0.750. The second-order valence-corrected chi connectivity index (χ2v) is 10.1. The number of anilines is 1. The molecule has 1 aromatic heterocycles. The largest absolute Gasteiger partial charge is 0.469 e. The van der Waals surface area contributed by atoms with Gasteiger partial charge in [-0.3, -0.25) is 9.89 Å². The van der Waals surface area contributed by atoms with Crippen molar-refractivity contribution >= 4 is 23.5 Å². The second kappa shape index (κ2) is 9.24. The van der Waals surface area contributed by atoms with Crippen LogP contribution in [0.4, 0.5) is 5.82 Å². The van der Waals surface area contributed by atoms with E-state index in [2.05, 4.69) is 33.4 Å². The van der Waals surface area contributed by atoms with Gasteiger partial charge in [-0.05, 0) is 38.0 Å². The first kappa shape index (κ1) is 21.5. The molecule has 2 N–H and O–H groups in total. The number of piperidine rings is 1. The molecule has 0 aromatic carbocycles. The van der Waals surface area contributed by atoms with Crippen LogP contribution in [-0.2, 0) is 9.53 Å². The number of aromatic amines is 1. The zero-order valence-corrected chi connectivity index (χ0v) is 19.3. The lowest BCUT2D eigenvalue weighted by atomic mass is 9.74. The van der Waals surface area contributed by atoms with Crippen LogP contribution in [0.25, 0.3) is 0 Å². The van der Waals surface area contributed by atoms with Crippen LogP contribution in [0.5, 0.6) is 0 Å². The van der Waals surface area contributed by atoms with Crippen LogP contribution < -0.4 is 5.32 Å². The number of aliphatic imine (C=N–C) groups is 2. The molecule has 8 nitrogen and oxygen atoms in total. The molecule has 3 atom stereocenters. The number of methoxy groups -OCH3 is 1. The summed E-state index contributed by atoms with van der Waals surface area (Å²) in [6.45, 7) is 3.62. The van der Waals surface area contributed by atoms with Gasteiger partial charge < -0.3 is 15.0 Å². The average Bonchev–Trinajstić information content (AvgIpc) is 3.57. The lowest BCUT2D eigenvalue weighted by molar-refractivity contribution is -0.147. The van der Waals surface area contributed by atoms with E-state index in [0.717, 1.165) is 36.9 Å². The summed E-state index contributed by atoms with van der Waals surface area (Å²) in [6.07, 6.45) is 10.6. The van der Waals surface area contributed by atoms with Gasteiger partial charge in [0.2, 0.25) is 5.96 Å². The SMILES string of the molecule is COC(=O)C1CC(C2CCCCC2)CN(C2=NC(Nc3cc(C4CC4)[nH]n3)CC(C)=N2)C1. The maximum absolute atomic E-state index is 12.5. The van der Waals surface area contributed by atoms with Gasteiger partial charge in [0.1, 0.15) is 12.0 Å². The van der Waals surface area contributed by atoms with Crippen molar-refractivity contribution in [2.45, 2.75) is 76.8 Å². The third-order valence-corrected chi connectivity index (χ3v) is 7.60. The summed E-state index contributed by atoms with van der Waals surface area (Å²) in [5.41, 5.74) is 2.27. The monoisotopic (exact) mass is 440 g/mol. The number of nitrogens with zero attached hydrogens (tertiary/aromatic N) is 4. The molecule has 2 aliphatic heterocycles. The predicted octanol–water partition coefficient (Wildman–Crippen LogP) is 3.94. The Balaban J connectivity index is 1.32. The smallest absolute Gasteiger partial charge is 0.310 e. The number of nitrogens with one attached hydrogen (secondary N) is 2. The van der Waals surface area contributed by atoms with Crippen molar-refractivity contribution in [3.63, 3.8) is 0 Å². The van der Waals surface area contributed by atoms with E-state index in [0.29, 0.717) is 24.3 Å². The van der Waals surface area contributed by atoms with E-state index in [9.17, 15) is 4.79 Å². The summed E-state index contributed by atoms with van der Waals surface area (Å²) < 4.78 is 5.14. The highest BCUT2D eigenvalue weighted by atomic mass is 16.5. The van der Waals surface area contributed by atoms with Gasteiger partial charge in [-0.25, -0.2) is 9.98 Å². The van der Waals surface area contributed by atoms with Gasteiger partial charge in [0.25, 0.3) is 0 Å². The number of aromatic nitrogens is 2. The van der Waals surface area contributed by atoms with Gasteiger partial charge in [-0.15, -0.1) is 0 Å². The van der Waals surface area contributed by atoms with Gasteiger partial charge in [0.15, 0.2) is 0 Å². The number of hydrogen-bond donors (Lipinski definition) is 2. The number of likely N-dealkylation sites (tertiary alicyclic amines) is 1. The Bertz CT molecular complexity index is 883. The van der Waals surface area contributed by atoms with Gasteiger partial charge in [-0.2, -0.15) is 5.10 Å². The summed E-state index contributed by atoms with van der Waals surface area (Å²) in [5, 5.41) is 11.1. The number of hydrogen-bond acceptors (Lipinski definition) is 7. The molecule has 0 bridgehead atoms. The van der Waals surface area contributed by atoms with Crippen LogP contribution in [0.3, 0.4) is 0 Å². The summed E-state index contributed by atoms with van der Waals surface area (Å²) >= 11 is 0. The molecule has 2 saturated carbocycles. The zero-order valence-electron chi connectivity index (χ0n) is 19.3. The lowest BCUT2D eigenvalue weighted by Crippen LogP contribution is -2.49. The maximum atomic E-state index is 12.5. The van der Waals surface area contributed by atoms with E-state index < -0.39 is 0 Å². The van der Waals surface area contributed by atoms with Crippen molar-refractivity contribution in [1.29, 1.82) is 0 Å². The number of H-pyrrole nitrogens is 1. The predicted molar refractivity (Wildman–Crippen MR) is 125 cm³/mol. The highest BCUT2D eigenvalue weighted by molar-refractivity contribution is 5.98. The molecule has 2 aliphatic carbocycles. The first-order chi connectivity index (χ1) is 15.6. The van der Waals surface area contributed by atoms with Gasteiger partial charge >= 0.3 is 5.97 Å². The van der Waals surface area contributed by atoms with Crippen LogP contribution in [0.15, 0.2) is 16.1 Å². The van der Waals surface area contributed by atoms with Crippen LogP contribution in [0.1, 0.15) is 76.3 Å². The molecule has 0 radical (unpaired) electrons. The first-order valence-corrected chi connectivity index (χ1v) is 12.4. The molecular formula is C24H36N6O2. The van der Waals surface area contributed by atoms with Gasteiger partial charge in [0, 0.05) is 42.9 Å². The molecule has 3 fully saturated rings. The zero-order chi connectivity index (χ0) is 22.1. The molecule has 174 valence electrons. The third kappa shape index (κ3) is 4.84. The minimum absolute atomic E-state index is 0.0931. The number of guanidine groups is 1. The Morgan fingerprint density at radius 2 is 1.97 bits per heavy atom. The molecule has 3 unspecified atom stereocenters. The maximum Gasteiger partial charge on any atom is 0.310 e. The molecule has 1 aromatic rings. The molecule has 0 amide bonds. The van der Waals surface area contributed by atoms with E-state index in [1.165, 1.54) is 57.7 Å². The number of rotatable bonds is 5. The van der Waals surface area contributed by atoms with Crippen molar-refractivity contribution in [2.75, 3.05) is 25.5 Å². The van der Waals surface area contributed by atoms with Crippen molar-refractivity contribution < 1.29 is 9.53 Å². The first-order valence-electron chi connectivity index (χ1n) is 12.4. The highest BCUT2D eigenvalue weighted by Crippen LogP contribution is 2.40. The molecule has 0 spiro atoms. The molecule has 4 aliphatic rings. The Kier molecular flexibility index (Phi) is 6.20. The summed E-state index contributed by atoms with van der Waals surface area (Å²) in [7, 11) is 1.50. The number of carbonyl (C=O) groups excluding carboxylic acids is 1. The van der Waals surface area contributed by atoms with Crippen molar-refractivity contribution in [2.24, 2.45) is 27.7 Å². The minimum atomic E-state index is -0.111. The Morgan fingerprint density at radius 1 is 1.16 bits per heavy atom. The Hall–Kier alpha value is -2.38. The van der Waals surface area contributed by atoms with E-state index in [1.807, 2.05) is 0 Å². The van der Waals surface area contributed by atoms with E-state index in [4.69, 9.17) is 14.7 Å². The second-order valence-electron chi connectivity index (χ2n) is 10.1. The molecule has 32 heavy (non-hydrogen) atoms. The van der Waals surface area contributed by atoms with Gasteiger partial charge in [-0.1, -0.05) is 32.1 Å². The quantitative estimate of drug-likeness (QED) is 0.677. The Labute approximate surface area is 190 Å². The standard InChI is InChI=1S/C24H36N6O2/c1-15-10-21(26-22-12-20(28-29-22)17-8-9-17)27-24(25-15)30-13-18(16-6-4-3-5-7-16)11-19(14-30)23(31)32-2/h12,16-19,21H,3-11,13-14H2,1-2H3,(H2,26,28,29). The topological polar surface area (TPSA) is 95.0 Å². The van der Waals surface area contributed by atoms with E-state index >= 15 is 0 Å². The third-order valence-electron chi connectivity index (χ3n) is 7.60. The van der Waals surface area contributed by atoms with Crippen molar-refractivity contribution in [1.82, 2.24) is 15.1 Å². The van der Waals surface area contributed by atoms with Gasteiger partial charge in [0.05, 0.1) is 13.0 Å². The average molecular weight is 441 g/mol. The van der Waals surface area contributed by atoms with E-state index in [1.54, 1.807) is 0 Å². The van der Waals surface area contributed by atoms with Crippen molar-refractivity contribution in [3.05, 3.63) is 11.8 Å². The van der Waals surface area contributed by atoms with Crippen LogP contribution >= 0.6 is 0 Å². The summed E-state index contributed by atoms with van der Waals surface area (Å²) in [5.74, 6) is 3.21. The molecule has 1 saturated heterocycles. The molecule has 8 heteroatoms. The summed E-state index contributed by atoms with van der Waals surface area (Å²) in [4.78, 5) is 24.5. The molecular weight excluding hydrogens is 404 g/mol. The number of ether oxygens (including phenoxy) is 1. The fourth-order valence-electron chi connectivity index (χ4n) is 5.72. The molecule has 5 rings (SSSR count). The van der Waals surface area contributed by atoms with Crippen LogP contribution in [0, 0.1) is 17.8 Å². The van der Waals surface area contributed by atoms with E-state index in [-0.39, 0.29) is 18.1 Å². The summed E-state index contributed by atoms with van der Waals surface area (Å²) in [6, 6.07) is 2.11.